The predicted octanol–water partition coefficient (Wildman–Crippen LogP) is 3.49. The van der Waals surface area contributed by atoms with E-state index in [0.717, 1.165) is 48.1 Å². The number of carbonyl (C=O) groups is 1. The number of guanidine groups is 1. The van der Waals surface area contributed by atoms with E-state index in [-0.39, 0.29) is 5.91 Å². The standard InChI is InChI=1S/C20H29N5OS/c1-4-7-18(26)25-17-9-6-8-16(12-17)14-24-20(21-5-2)22-11-10-19-23-13-15(3)27-19/h6,8-9,12-13H,4-5,7,10-11,14H2,1-3H3,(H,25,26)(H2,21,22,24). The lowest BCUT2D eigenvalue weighted by atomic mass is 10.2. The quantitative estimate of drug-likeness (QED) is 0.455. The highest BCUT2D eigenvalue weighted by Gasteiger charge is 2.03. The van der Waals surface area contributed by atoms with E-state index in [1.54, 1.807) is 11.3 Å². The van der Waals surface area contributed by atoms with Crippen LogP contribution in [0.15, 0.2) is 35.5 Å². The van der Waals surface area contributed by atoms with Crippen LogP contribution in [0.1, 0.15) is 42.1 Å². The fourth-order valence-corrected chi connectivity index (χ4v) is 3.30. The summed E-state index contributed by atoms with van der Waals surface area (Å²) in [6.07, 6.45) is 4.16. The topological polar surface area (TPSA) is 78.4 Å². The fourth-order valence-electron chi connectivity index (χ4n) is 2.51. The first-order valence-corrected chi connectivity index (χ1v) is 10.2. The van der Waals surface area contributed by atoms with Gasteiger partial charge in [0.2, 0.25) is 5.91 Å². The van der Waals surface area contributed by atoms with Crippen molar-refractivity contribution in [1.82, 2.24) is 15.6 Å². The van der Waals surface area contributed by atoms with Crippen LogP contribution >= 0.6 is 11.3 Å². The van der Waals surface area contributed by atoms with Gasteiger partial charge in [0.1, 0.15) is 0 Å². The Morgan fingerprint density at radius 2 is 2.11 bits per heavy atom. The highest BCUT2D eigenvalue weighted by molar-refractivity contribution is 7.11. The third-order valence-corrected chi connectivity index (χ3v) is 4.72. The van der Waals surface area contributed by atoms with Crippen LogP contribution in [0.4, 0.5) is 5.69 Å². The Hall–Kier alpha value is -2.41. The van der Waals surface area contributed by atoms with Crippen molar-refractivity contribution < 1.29 is 4.79 Å². The van der Waals surface area contributed by atoms with E-state index in [9.17, 15) is 4.79 Å². The van der Waals surface area contributed by atoms with Crippen molar-refractivity contribution in [1.29, 1.82) is 0 Å². The molecular weight excluding hydrogens is 358 g/mol. The summed E-state index contributed by atoms with van der Waals surface area (Å²) < 4.78 is 0. The lowest BCUT2D eigenvalue weighted by Gasteiger charge is -2.11. The minimum absolute atomic E-state index is 0.0468. The molecule has 0 fully saturated rings. The van der Waals surface area contributed by atoms with Gasteiger partial charge in [-0.25, -0.2) is 9.98 Å². The third kappa shape index (κ3) is 7.78. The lowest BCUT2D eigenvalue weighted by molar-refractivity contribution is -0.116. The molecule has 2 rings (SSSR count). The molecule has 7 heteroatoms. The van der Waals surface area contributed by atoms with Crippen LogP contribution in [0.25, 0.3) is 0 Å². The van der Waals surface area contributed by atoms with E-state index < -0.39 is 0 Å². The van der Waals surface area contributed by atoms with Crippen LogP contribution in [0.2, 0.25) is 0 Å². The van der Waals surface area contributed by atoms with E-state index in [4.69, 9.17) is 0 Å². The zero-order chi connectivity index (χ0) is 19.5. The van der Waals surface area contributed by atoms with Crippen molar-refractivity contribution in [2.24, 2.45) is 4.99 Å². The molecule has 6 nitrogen and oxygen atoms in total. The molecule has 0 unspecified atom stereocenters. The van der Waals surface area contributed by atoms with E-state index in [2.05, 4.69) is 32.9 Å². The number of thiazole rings is 1. The Morgan fingerprint density at radius 1 is 1.26 bits per heavy atom. The van der Waals surface area contributed by atoms with Gasteiger partial charge in [0, 0.05) is 42.7 Å². The van der Waals surface area contributed by atoms with Gasteiger partial charge >= 0.3 is 0 Å². The van der Waals surface area contributed by atoms with Crippen molar-refractivity contribution in [2.75, 3.05) is 18.4 Å². The molecule has 2 aromatic rings. The molecule has 1 aromatic heterocycles. The average molecular weight is 388 g/mol. The van der Waals surface area contributed by atoms with Gasteiger partial charge in [-0.3, -0.25) is 4.79 Å². The van der Waals surface area contributed by atoms with Crippen LogP contribution in [0.5, 0.6) is 0 Å². The largest absolute Gasteiger partial charge is 0.357 e. The molecule has 0 radical (unpaired) electrons. The first-order valence-electron chi connectivity index (χ1n) is 9.43. The first-order chi connectivity index (χ1) is 13.1. The lowest BCUT2D eigenvalue weighted by Crippen LogP contribution is -2.38. The molecule has 1 amide bonds. The Balaban J connectivity index is 1.90. The van der Waals surface area contributed by atoms with Crippen LogP contribution in [0, 0.1) is 6.92 Å². The van der Waals surface area contributed by atoms with Crippen LogP contribution < -0.4 is 16.0 Å². The SMILES string of the molecule is CCCC(=O)Nc1cccc(CN=C(NCC)NCCc2ncc(C)s2)c1. The number of nitrogens with zero attached hydrogens (tertiary/aromatic N) is 2. The minimum Gasteiger partial charge on any atom is -0.357 e. The van der Waals surface area contributed by atoms with Crippen molar-refractivity contribution in [3.05, 3.63) is 45.9 Å². The summed E-state index contributed by atoms with van der Waals surface area (Å²) in [5.74, 6) is 0.830. The number of hydrogen-bond acceptors (Lipinski definition) is 4. The average Bonchev–Trinajstić information content (AvgIpc) is 3.05. The molecule has 27 heavy (non-hydrogen) atoms. The van der Waals surface area contributed by atoms with E-state index in [0.29, 0.717) is 13.0 Å². The summed E-state index contributed by atoms with van der Waals surface area (Å²) >= 11 is 1.73. The maximum absolute atomic E-state index is 11.7. The Labute approximate surface area is 165 Å². The summed E-state index contributed by atoms with van der Waals surface area (Å²) in [6, 6.07) is 7.83. The van der Waals surface area contributed by atoms with Crippen molar-refractivity contribution in [2.45, 2.75) is 46.6 Å². The number of amides is 1. The molecule has 0 bridgehead atoms. The second-order valence-corrected chi connectivity index (χ2v) is 7.55. The molecule has 0 saturated heterocycles. The molecule has 3 N–H and O–H groups in total. The summed E-state index contributed by atoms with van der Waals surface area (Å²) in [5.41, 5.74) is 1.87. The van der Waals surface area contributed by atoms with Gasteiger partial charge in [0.05, 0.1) is 11.6 Å². The predicted molar refractivity (Wildman–Crippen MR) is 113 cm³/mol. The van der Waals surface area contributed by atoms with E-state index in [1.807, 2.05) is 44.3 Å². The van der Waals surface area contributed by atoms with Crippen LogP contribution in [0.3, 0.4) is 0 Å². The van der Waals surface area contributed by atoms with Gasteiger partial charge < -0.3 is 16.0 Å². The van der Waals surface area contributed by atoms with Crippen molar-refractivity contribution in [3.63, 3.8) is 0 Å². The first kappa shape index (κ1) is 20.9. The second-order valence-electron chi connectivity index (χ2n) is 6.24. The number of aryl methyl sites for hydroxylation is 1. The number of anilines is 1. The van der Waals surface area contributed by atoms with Gasteiger partial charge in [-0.2, -0.15) is 0 Å². The number of aromatic nitrogens is 1. The molecule has 0 atom stereocenters. The molecule has 1 aromatic carbocycles. The zero-order valence-corrected chi connectivity index (χ0v) is 17.2. The van der Waals surface area contributed by atoms with E-state index in [1.165, 1.54) is 4.88 Å². The summed E-state index contributed by atoms with van der Waals surface area (Å²) in [4.78, 5) is 22.0. The second kappa shape index (κ2) is 11.3. The van der Waals surface area contributed by atoms with Gasteiger partial charge in [-0.15, -0.1) is 11.3 Å². The molecule has 146 valence electrons. The molecule has 0 aliphatic carbocycles. The number of carbonyl (C=O) groups excluding carboxylic acids is 1. The van der Waals surface area contributed by atoms with Crippen molar-refractivity contribution in [3.8, 4) is 0 Å². The molecule has 0 aliphatic heterocycles. The van der Waals surface area contributed by atoms with Crippen molar-refractivity contribution >= 4 is 28.9 Å². The molecule has 0 aliphatic rings. The number of rotatable bonds is 9. The van der Waals surface area contributed by atoms with E-state index >= 15 is 0 Å². The fraction of sp³-hybridized carbons (Fsp3) is 0.450. The number of hydrogen-bond donors (Lipinski definition) is 3. The Bertz CT molecular complexity index is 756. The maximum Gasteiger partial charge on any atom is 0.224 e. The van der Waals surface area contributed by atoms with Crippen LogP contribution in [-0.2, 0) is 17.8 Å². The molecule has 0 saturated carbocycles. The normalized spacial score (nSPS) is 11.3. The smallest absolute Gasteiger partial charge is 0.224 e. The zero-order valence-electron chi connectivity index (χ0n) is 16.3. The minimum atomic E-state index is 0.0468. The summed E-state index contributed by atoms with van der Waals surface area (Å²) in [5, 5.41) is 10.7. The molecule has 0 spiro atoms. The van der Waals surface area contributed by atoms with Crippen LogP contribution in [-0.4, -0.2) is 29.9 Å². The van der Waals surface area contributed by atoms with Gasteiger partial charge in [-0.1, -0.05) is 19.1 Å². The Morgan fingerprint density at radius 3 is 2.81 bits per heavy atom. The molecular formula is C20H29N5OS. The molecule has 1 heterocycles. The number of benzene rings is 1. The number of nitrogens with one attached hydrogen (secondary N) is 3. The summed E-state index contributed by atoms with van der Waals surface area (Å²) in [7, 11) is 0. The van der Waals surface area contributed by atoms with Gasteiger partial charge in [0.25, 0.3) is 0 Å². The highest BCUT2D eigenvalue weighted by Crippen LogP contribution is 2.13. The third-order valence-electron chi connectivity index (χ3n) is 3.75. The van der Waals surface area contributed by atoms with Gasteiger partial charge in [0.15, 0.2) is 5.96 Å². The number of aliphatic imine (C=N–C) groups is 1. The summed E-state index contributed by atoms with van der Waals surface area (Å²) in [6.45, 7) is 8.24. The van der Waals surface area contributed by atoms with Gasteiger partial charge in [-0.05, 0) is 38.0 Å². The maximum atomic E-state index is 11.7. The monoisotopic (exact) mass is 387 g/mol. The highest BCUT2D eigenvalue weighted by atomic mass is 32.1. The Kier molecular flexibility index (Phi) is 8.77.